The molecule has 0 N–H and O–H groups in total. The van der Waals surface area contributed by atoms with Crippen molar-refractivity contribution in [3.05, 3.63) is 56.9 Å². The first-order valence-corrected chi connectivity index (χ1v) is 10.8. The van der Waals surface area contributed by atoms with Gasteiger partial charge in [0.2, 0.25) is 5.91 Å². The molecule has 152 valence electrons. The van der Waals surface area contributed by atoms with Gasteiger partial charge in [-0.25, -0.2) is 9.37 Å². The summed E-state index contributed by atoms with van der Waals surface area (Å²) in [5, 5.41) is 5.71. The predicted molar refractivity (Wildman–Crippen MR) is 113 cm³/mol. The number of rotatable bonds is 4. The van der Waals surface area contributed by atoms with Crippen LogP contribution in [0.5, 0.6) is 0 Å². The van der Waals surface area contributed by atoms with E-state index in [-0.39, 0.29) is 18.3 Å². The highest BCUT2D eigenvalue weighted by Crippen LogP contribution is 2.24. The Morgan fingerprint density at radius 1 is 1.21 bits per heavy atom. The lowest BCUT2D eigenvalue weighted by atomic mass is 10.1. The number of hydrogen-bond donors (Lipinski definition) is 0. The Labute approximate surface area is 174 Å². The molecular weight excluding hydrogens is 387 g/mol. The van der Waals surface area contributed by atoms with Gasteiger partial charge in [0.05, 0.1) is 16.4 Å². The van der Waals surface area contributed by atoms with E-state index < -0.39 is 0 Å². The minimum absolute atomic E-state index is 0.0660. The molecule has 1 aromatic carbocycles. The standard InChI is InChI=1S/C22H25FN4OS/c1-4-17-12-20(16-6-5-14(2)18(23)11-16)25-27(17)13-22(28)26-9-7-19-21(8-10-26)29-15(3)24-19/h5-6,11-12H,4,7-10,13H2,1-3H3. The number of carbonyl (C=O) groups is 1. The highest BCUT2D eigenvalue weighted by atomic mass is 32.1. The van der Waals surface area contributed by atoms with Gasteiger partial charge in [0, 0.05) is 42.1 Å². The molecule has 0 aliphatic carbocycles. The van der Waals surface area contributed by atoms with E-state index in [1.165, 1.54) is 10.9 Å². The van der Waals surface area contributed by atoms with E-state index in [9.17, 15) is 9.18 Å². The first-order valence-electron chi connectivity index (χ1n) is 10.0. The summed E-state index contributed by atoms with van der Waals surface area (Å²) in [7, 11) is 0. The maximum absolute atomic E-state index is 14.0. The summed E-state index contributed by atoms with van der Waals surface area (Å²) in [6, 6.07) is 7.08. The van der Waals surface area contributed by atoms with Gasteiger partial charge in [0.25, 0.3) is 0 Å². The summed E-state index contributed by atoms with van der Waals surface area (Å²) in [5.74, 6) is -0.177. The highest BCUT2D eigenvalue weighted by molar-refractivity contribution is 7.11. The minimum Gasteiger partial charge on any atom is -0.340 e. The topological polar surface area (TPSA) is 51.0 Å². The van der Waals surface area contributed by atoms with E-state index >= 15 is 0 Å². The van der Waals surface area contributed by atoms with Gasteiger partial charge in [-0.3, -0.25) is 9.48 Å². The molecule has 4 rings (SSSR count). The fourth-order valence-corrected chi connectivity index (χ4v) is 4.71. The van der Waals surface area contributed by atoms with Crippen LogP contribution < -0.4 is 0 Å². The monoisotopic (exact) mass is 412 g/mol. The molecule has 3 heterocycles. The summed E-state index contributed by atoms with van der Waals surface area (Å²) < 4.78 is 15.7. The van der Waals surface area contributed by atoms with Crippen LogP contribution in [-0.2, 0) is 30.6 Å². The van der Waals surface area contributed by atoms with E-state index in [1.807, 2.05) is 30.9 Å². The lowest BCUT2D eigenvalue weighted by Gasteiger charge is -2.20. The lowest BCUT2D eigenvalue weighted by molar-refractivity contribution is -0.132. The van der Waals surface area contributed by atoms with E-state index in [1.54, 1.807) is 29.0 Å². The van der Waals surface area contributed by atoms with Crippen molar-refractivity contribution in [1.82, 2.24) is 19.7 Å². The molecule has 0 spiro atoms. The zero-order chi connectivity index (χ0) is 20.5. The van der Waals surface area contributed by atoms with Crippen LogP contribution in [0.3, 0.4) is 0 Å². The van der Waals surface area contributed by atoms with Gasteiger partial charge < -0.3 is 4.90 Å². The number of benzene rings is 1. The average molecular weight is 413 g/mol. The van der Waals surface area contributed by atoms with Crippen molar-refractivity contribution >= 4 is 17.2 Å². The van der Waals surface area contributed by atoms with Gasteiger partial charge >= 0.3 is 0 Å². The lowest BCUT2D eigenvalue weighted by Crippen LogP contribution is -2.36. The SMILES string of the molecule is CCc1cc(-c2ccc(C)c(F)c2)nn1CC(=O)N1CCc2nc(C)sc2CC1. The molecule has 0 radical (unpaired) electrons. The second-order valence-electron chi connectivity index (χ2n) is 7.48. The summed E-state index contributed by atoms with van der Waals surface area (Å²) in [6.07, 6.45) is 2.42. The third-order valence-electron chi connectivity index (χ3n) is 5.44. The Morgan fingerprint density at radius 2 is 2.00 bits per heavy atom. The van der Waals surface area contributed by atoms with Crippen molar-refractivity contribution in [2.45, 2.75) is 46.6 Å². The molecule has 2 aromatic heterocycles. The van der Waals surface area contributed by atoms with Crippen LogP contribution >= 0.6 is 11.3 Å². The van der Waals surface area contributed by atoms with Crippen LogP contribution in [0.1, 0.15) is 33.8 Å². The molecule has 1 aliphatic heterocycles. The number of amides is 1. The second-order valence-corrected chi connectivity index (χ2v) is 8.77. The average Bonchev–Trinajstić information content (AvgIpc) is 3.20. The maximum atomic E-state index is 14.0. The third-order valence-corrected chi connectivity index (χ3v) is 6.52. The number of thiazole rings is 1. The Morgan fingerprint density at radius 3 is 2.76 bits per heavy atom. The molecule has 0 unspecified atom stereocenters. The number of carbonyl (C=O) groups excluding carboxylic acids is 1. The Balaban J connectivity index is 1.50. The van der Waals surface area contributed by atoms with Crippen molar-refractivity contribution in [1.29, 1.82) is 0 Å². The molecule has 29 heavy (non-hydrogen) atoms. The summed E-state index contributed by atoms with van der Waals surface area (Å²) in [5.41, 5.74) is 4.15. The van der Waals surface area contributed by atoms with Crippen LogP contribution in [-0.4, -0.2) is 38.7 Å². The largest absolute Gasteiger partial charge is 0.340 e. The van der Waals surface area contributed by atoms with Crippen LogP contribution in [0.2, 0.25) is 0 Å². The van der Waals surface area contributed by atoms with Crippen molar-refractivity contribution in [3.8, 4) is 11.3 Å². The smallest absolute Gasteiger partial charge is 0.244 e. The molecule has 1 amide bonds. The first kappa shape index (κ1) is 19.8. The van der Waals surface area contributed by atoms with E-state index in [4.69, 9.17) is 0 Å². The Bertz CT molecular complexity index is 1030. The zero-order valence-corrected chi connectivity index (χ0v) is 17.9. The second kappa shape index (κ2) is 8.06. The van der Waals surface area contributed by atoms with Crippen molar-refractivity contribution in [3.63, 3.8) is 0 Å². The predicted octanol–water partition coefficient (Wildman–Crippen LogP) is 3.95. The number of halogens is 1. The van der Waals surface area contributed by atoms with Gasteiger partial charge in [0.15, 0.2) is 0 Å². The van der Waals surface area contributed by atoms with Crippen LogP contribution in [0.4, 0.5) is 4.39 Å². The number of aromatic nitrogens is 3. The molecule has 7 heteroatoms. The molecule has 3 aromatic rings. The van der Waals surface area contributed by atoms with Gasteiger partial charge in [-0.1, -0.05) is 19.1 Å². The molecule has 1 aliphatic rings. The third kappa shape index (κ3) is 4.10. The molecule has 0 saturated carbocycles. The molecule has 0 saturated heterocycles. The van der Waals surface area contributed by atoms with E-state index in [0.717, 1.165) is 41.2 Å². The number of hydrogen-bond acceptors (Lipinski definition) is 4. The van der Waals surface area contributed by atoms with Gasteiger partial charge in [-0.15, -0.1) is 11.3 Å². The fraction of sp³-hybridized carbons (Fsp3) is 0.409. The highest BCUT2D eigenvalue weighted by Gasteiger charge is 2.22. The van der Waals surface area contributed by atoms with Crippen molar-refractivity contribution in [2.24, 2.45) is 0 Å². The molecule has 5 nitrogen and oxygen atoms in total. The summed E-state index contributed by atoms with van der Waals surface area (Å²) in [4.78, 5) is 20.8. The summed E-state index contributed by atoms with van der Waals surface area (Å²) >= 11 is 1.73. The van der Waals surface area contributed by atoms with Crippen LogP contribution in [0.15, 0.2) is 24.3 Å². The van der Waals surface area contributed by atoms with Gasteiger partial charge in [0.1, 0.15) is 12.4 Å². The van der Waals surface area contributed by atoms with Crippen LogP contribution in [0, 0.1) is 19.7 Å². The fourth-order valence-electron chi connectivity index (χ4n) is 3.74. The number of fused-ring (bicyclic) bond motifs is 1. The number of nitrogens with zero attached hydrogens (tertiary/aromatic N) is 4. The van der Waals surface area contributed by atoms with Crippen molar-refractivity contribution < 1.29 is 9.18 Å². The Kier molecular flexibility index (Phi) is 5.50. The Hall–Kier alpha value is -2.54. The molecule has 0 atom stereocenters. The molecule has 0 fully saturated rings. The summed E-state index contributed by atoms with van der Waals surface area (Å²) in [6.45, 7) is 7.42. The minimum atomic E-state index is -0.243. The molecular formula is C22H25FN4OS. The van der Waals surface area contributed by atoms with Gasteiger partial charge in [-0.05, 0) is 38.0 Å². The normalized spacial score (nSPS) is 14.0. The zero-order valence-electron chi connectivity index (χ0n) is 17.0. The van der Waals surface area contributed by atoms with E-state index in [2.05, 4.69) is 10.1 Å². The van der Waals surface area contributed by atoms with Gasteiger partial charge in [-0.2, -0.15) is 5.10 Å². The number of aryl methyl sites for hydroxylation is 3. The van der Waals surface area contributed by atoms with E-state index in [0.29, 0.717) is 24.3 Å². The van der Waals surface area contributed by atoms with Crippen LogP contribution in [0.25, 0.3) is 11.3 Å². The first-order chi connectivity index (χ1) is 13.9. The van der Waals surface area contributed by atoms with Crippen molar-refractivity contribution in [2.75, 3.05) is 13.1 Å². The quantitative estimate of drug-likeness (QED) is 0.652. The molecule has 0 bridgehead atoms. The maximum Gasteiger partial charge on any atom is 0.244 e.